The number of hydrogen-bond acceptors (Lipinski definition) is 3. The molecule has 96 valence electrons. The van der Waals surface area contributed by atoms with E-state index < -0.39 is 0 Å². The van der Waals surface area contributed by atoms with Gasteiger partial charge in [0.25, 0.3) is 0 Å². The monoisotopic (exact) mass is 325 g/mol. The van der Waals surface area contributed by atoms with Gasteiger partial charge in [0.15, 0.2) is 0 Å². The first-order chi connectivity index (χ1) is 9.69. The van der Waals surface area contributed by atoms with Crippen LogP contribution in [0.1, 0.15) is 21.7 Å². The van der Waals surface area contributed by atoms with E-state index in [2.05, 4.69) is 25.9 Å². The minimum Gasteiger partial charge on any atom is -0.360 e. The van der Waals surface area contributed by atoms with E-state index in [4.69, 9.17) is 5.26 Å². The zero-order valence-electron chi connectivity index (χ0n) is 10.2. The molecule has 5 heteroatoms. The van der Waals surface area contributed by atoms with Crippen molar-refractivity contribution in [3.05, 3.63) is 64.0 Å². The fourth-order valence-electron chi connectivity index (χ4n) is 2.05. The van der Waals surface area contributed by atoms with E-state index in [0.29, 0.717) is 5.56 Å². The minimum atomic E-state index is -0.198. The second-order valence-corrected chi connectivity index (χ2v) is 5.16. The van der Waals surface area contributed by atoms with Gasteiger partial charge in [-0.1, -0.05) is 28.1 Å². The van der Waals surface area contributed by atoms with Crippen molar-refractivity contribution in [3.63, 3.8) is 0 Å². The van der Waals surface area contributed by atoms with Crippen LogP contribution in [0.5, 0.6) is 0 Å². The van der Waals surface area contributed by atoms with Crippen LogP contribution in [0.4, 0.5) is 0 Å². The molecular weight excluding hydrogens is 318 g/mol. The van der Waals surface area contributed by atoms with Crippen LogP contribution in [-0.4, -0.2) is 15.8 Å². The maximum Gasteiger partial charge on any atom is 0.213 e. The molecule has 3 rings (SSSR count). The number of aromatic amines is 1. The number of H-pyrrole nitrogens is 1. The highest BCUT2D eigenvalue weighted by atomic mass is 79.9. The summed E-state index contributed by atoms with van der Waals surface area (Å²) in [6, 6.07) is 12.4. The van der Waals surface area contributed by atoms with Crippen molar-refractivity contribution >= 4 is 32.6 Å². The van der Waals surface area contributed by atoms with Crippen LogP contribution in [0.15, 0.2) is 47.1 Å². The minimum absolute atomic E-state index is 0.198. The lowest BCUT2D eigenvalue weighted by molar-refractivity contribution is 0.103. The molecule has 0 saturated heterocycles. The number of pyridine rings is 1. The zero-order valence-corrected chi connectivity index (χ0v) is 11.8. The molecule has 2 heterocycles. The largest absolute Gasteiger partial charge is 0.360 e. The lowest BCUT2D eigenvalue weighted by Gasteiger charge is -1.99. The molecule has 2 aromatic heterocycles. The van der Waals surface area contributed by atoms with Crippen LogP contribution in [0.25, 0.3) is 10.9 Å². The van der Waals surface area contributed by atoms with Gasteiger partial charge in [0, 0.05) is 27.1 Å². The quantitative estimate of drug-likeness (QED) is 0.734. The number of hydrogen-bond donors (Lipinski definition) is 1. The summed E-state index contributed by atoms with van der Waals surface area (Å²) in [5.41, 5.74) is 1.93. The summed E-state index contributed by atoms with van der Waals surface area (Å²) in [5.74, 6) is -0.198. The van der Waals surface area contributed by atoms with Crippen molar-refractivity contribution in [1.29, 1.82) is 5.26 Å². The van der Waals surface area contributed by atoms with Crippen LogP contribution >= 0.6 is 15.9 Å². The van der Waals surface area contributed by atoms with Crippen molar-refractivity contribution in [3.8, 4) is 6.07 Å². The van der Waals surface area contributed by atoms with Gasteiger partial charge in [0.1, 0.15) is 17.5 Å². The summed E-state index contributed by atoms with van der Waals surface area (Å²) < 4.78 is 0.940. The van der Waals surface area contributed by atoms with Crippen LogP contribution < -0.4 is 0 Å². The lowest BCUT2D eigenvalue weighted by Crippen LogP contribution is -2.04. The zero-order chi connectivity index (χ0) is 14.1. The molecule has 0 unspecified atom stereocenters. The number of halogens is 1. The fourth-order valence-corrected chi connectivity index (χ4v) is 2.41. The molecule has 0 fully saturated rings. The normalized spacial score (nSPS) is 10.4. The number of ketones is 1. The van der Waals surface area contributed by atoms with Crippen LogP contribution in [0, 0.1) is 11.3 Å². The predicted molar refractivity (Wildman–Crippen MR) is 78.4 cm³/mol. The van der Waals surface area contributed by atoms with Gasteiger partial charge in [0.2, 0.25) is 5.78 Å². The maximum absolute atomic E-state index is 12.5. The molecule has 0 spiro atoms. The number of carbonyl (C=O) groups excluding carboxylic acids is 1. The Bertz CT molecular complexity index is 861. The molecule has 1 N–H and O–H groups in total. The maximum atomic E-state index is 12.5. The SMILES string of the molecule is N#Cc1cccc(C(=O)c2c[nH]c3cc(Br)ccc23)n1. The number of nitrogens with one attached hydrogen (secondary N) is 1. The highest BCUT2D eigenvalue weighted by Crippen LogP contribution is 2.24. The predicted octanol–water partition coefficient (Wildman–Crippen LogP) is 3.43. The number of rotatable bonds is 2. The van der Waals surface area contributed by atoms with Crippen molar-refractivity contribution in [2.75, 3.05) is 0 Å². The first kappa shape index (κ1) is 12.6. The Morgan fingerprint density at radius 1 is 1.30 bits per heavy atom. The average Bonchev–Trinajstić information content (AvgIpc) is 2.89. The third-order valence-corrected chi connectivity index (χ3v) is 3.48. The molecule has 4 nitrogen and oxygen atoms in total. The highest BCUT2D eigenvalue weighted by molar-refractivity contribution is 9.10. The molecule has 3 aromatic rings. The van der Waals surface area contributed by atoms with E-state index in [1.165, 1.54) is 0 Å². The molecule has 0 saturated carbocycles. The summed E-state index contributed by atoms with van der Waals surface area (Å²) in [6.07, 6.45) is 1.67. The van der Waals surface area contributed by atoms with E-state index in [1.807, 2.05) is 24.3 Å². The number of carbonyl (C=O) groups is 1. The van der Waals surface area contributed by atoms with Gasteiger partial charge in [-0.3, -0.25) is 4.79 Å². The number of aromatic nitrogens is 2. The average molecular weight is 326 g/mol. The second kappa shape index (κ2) is 4.91. The Balaban J connectivity index is 2.11. The summed E-state index contributed by atoms with van der Waals surface area (Å²) >= 11 is 3.39. The molecule has 0 bridgehead atoms. The lowest BCUT2D eigenvalue weighted by atomic mass is 10.1. The highest BCUT2D eigenvalue weighted by Gasteiger charge is 2.15. The molecule has 0 aliphatic rings. The Kier molecular flexibility index (Phi) is 3.09. The van der Waals surface area contributed by atoms with Crippen molar-refractivity contribution in [2.45, 2.75) is 0 Å². The van der Waals surface area contributed by atoms with Gasteiger partial charge in [-0.2, -0.15) is 5.26 Å². The van der Waals surface area contributed by atoms with Crippen LogP contribution in [0.3, 0.4) is 0 Å². The molecule has 0 aliphatic carbocycles. The van der Waals surface area contributed by atoms with E-state index >= 15 is 0 Å². The van der Waals surface area contributed by atoms with E-state index in [1.54, 1.807) is 24.4 Å². The van der Waals surface area contributed by atoms with Crippen LogP contribution in [-0.2, 0) is 0 Å². The number of nitrogens with zero attached hydrogens (tertiary/aromatic N) is 2. The van der Waals surface area contributed by atoms with Gasteiger partial charge in [-0.05, 0) is 24.3 Å². The second-order valence-electron chi connectivity index (χ2n) is 4.24. The number of nitriles is 1. The van der Waals surface area contributed by atoms with E-state index in [0.717, 1.165) is 15.4 Å². The Morgan fingerprint density at radius 2 is 2.15 bits per heavy atom. The van der Waals surface area contributed by atoms with Gasteiger partial charge < -0.3 is 4.98 Å². The standard InChI is InChI=1S/C15H8BrN3O/c16-9-4-5-11-12(8-18-14(11)6-9)15(20)13-3-1-2-10(7-17)19-13/h1-6,8,18H. The summed E-state index contributed by atoms with van der Waals surface area (Å²) in [7, 11) is 0. The van der Waals surface area contributed by atoms with Crippen molar-refractivity contribution in [1.82, 2.24) is 9.97 Å². The number of fused-ring (bicyclic) bond motifs is 1. The van der Waals surface area contributed by atoms with Gasteiger partial charge >= 0.3 is 0 Å². The van der Waals surface area contributed by atoms with Crippen molar-refractivity contribution < 1.29 is 4.79 Å². The van der Waals surface area contributed by atoms with Crippen molar-refractivity contribution in [2.24, 2.45) is 0 Å². The first-order valence-electron chi connectivity index (χ1n) is 5.87. The van der Waals surface area contributed by atoms with E-state index in [-0.39, 0.29) is 17.2 Å². The Morgan fingerprint density at radius 3 is 2.95 bits per heavy atom. The summed E-state index contributed by atoms with van der Waals surface area (Å²) in [5, 5.41) is 9.68. The molecular formula is C15H8BrN3O. The number of benzene rings is 1. The molecule has 0 amide bonds. The molecule has 20 heavy (non-hydrogen) atoms. The Labute approximate surface area is 123 Å². The molecule has 0 aliphatic heterocycles. The van der Waals surface area contributed by atoms with Crippen LogP contribution in [0.2, 0.25) is 0 Å². The summed E-state index contributed by atoms with van der Waals surface area (Å²) in [4.78, 5) is 19.6. The molecule has 0 atom stereocenters. The topological polar surface area (TPSA) is 69.5 Å². The molecule has 1 aromatic carbocycles. The van der Waals surface area contributed by atoms with Gasteiger partial charge in [-0.15, -0.1) is 0 Å². The van der Waals surface area contributed by atoms with E-state index in [9.17, 15) is 4.79 Å². The third-order valence-electron chi connectivity index (χ3n) is 2.98. The smallest absolute Gasteiger partial charge is 0.213 e. The third kappa shape index (κ3) is 2.10. The Hall–Kier alpha value is -2.45. The van der Waals surface area contributed by atoms with Gasteiger partial charge in [0.05, 0.1) is 0 Å². The fraction of sp³-hybridized carbons (Fsp3) is 0. The van der Waals surface area contributed by atoms with Gasteiger partial charge in [-0.25, -0.2) is 4.98 Å². The summed E-state index contributed by atoms with van der Waals surface area (Å²) in [6.45, 7) is 0. The first-order valence-corrected chi connectivity index (χ1v) is 6.67. The molecule has 0 radical (unpaired) electrons.